The van der Waals surface area contributed by atoms with Crippen molar-refractivity contribution in [3.63, 3.8) is 0 Å². The van der Waals surface area contributed by atoms with E-state index < -0.39 is 0 Å². The molecule has 0 bridgehead atoms. The Bertz CT molecular complexity index is 265. The molecule has 72 valence electrons. The molecule has 0 saturated carbocycles. The van der Waals surface area contributed by atoms with Gasteiger partial charge in [0.2, 0.25) is 0 Å². The maximum atomic E-state index is 4.23. The molecule has 0 fully saturated rings. The molecular weight excluding hydrogens is 162 g/mol. The van der Waals surface area contributed by atoms with Gasteiger partial charge in [-0.1, -0.05) is 6.08 Å². The van der Waals surface area contributed by atoms with Crippen LogP contribution in [0, 0.1) is 0 Å². The molecule has 1 unspecified atom stereocenters. The molecule has 1 aromatic rings. The maximum Gasteiger partial charge on any atom is 0.0537 e. The van der Waals surface area contributed by atoms with Crippen LogP contribution in [-0.4, -0.2) is 16.8 Å². The van der Waals surface area contributed by atoms with E-state index in [9.17, 15) is 0 Å². The Morgan fingerprint density at radius 3 is 3.00 bits per heavy atom. The van der Waals surface area contributed by atoms with Crippen LogP contribution < -0.4 is 5.32 Å². The van der Waals surface area contributed by atoms with E-state index in [0.29, 0.717) is 6.04 Å². The normalized spacial score (nSPS) is 12.8. The summed E-state index contributed by atoms with van der Waals surface area (Å²) < 4.78 is 1.93. The van der Waals surface area contributed by atoms with Gasteiger partial charge < -0.3 is 5.32 Å². The van der Waals surface area contributed by atoms with E-state index in [1.165, 1.54) is 5.56 Å². The molecule has 0 aromatic carbocycles. The second kappa shape index (κ2) is 4.82. The van der Waals surface area contributed by atoms with Crippen LogP contribution in [0.1, 0.15) is 24.9 Å². The molecule has 1 rings (SSSR count). The SMILES string of the molecule is C=CCC(NC)c1cnn(CC)c1. The van der Waals surface area contributed by atoms with Gasteiger partial charge in [-0.25, -0.2) is 0 Å². The third-order valence-electron chi connectivity index (χ3n) is 2.13. The molecule has 0 radical (unpaired) electrons. The van der Waals surface area contributed by atoms with E-state index in [4.69, 9.17) is 0 Å². The number of rotatable bonds is 5. The van der Waals surface area contributed by atoms with Crippen LogP contribution in [0.15, 0.2) is 25.0 Å². The van der Waals surface area contributed by atoms with Crippen molar-refractivity contribution in [2.45, 2.75) is 25.9 Å². The van der Waals surface area contributed by atoms with Gasteiger partial charge in [0, 0.05) is 24.3 Å². The van der Waals surface area contributed by atoms with Crippen LogP contribution >= 0.6 is 0 Å². The summed E-state index contributed by atoms with van der Waals surface area (Å²) in [5.41, 5.74) is 1.23. The second-order valence-corrected chi connectivity index (χ2v) is 3.00. The predicted octanol–water partition coefficient (Wildman–Crippen LogP) is 1.74. The van der Waals surface area contributed by atoms with E-state index in [1.807, 2.05) is 24.0 Å². The Morgan fingerprint density at radius 2 is 2.54 bits per heavy atom. The molecule has 0 spiro atoms. The first kappa shape index (κ1) is 9.99. The summed E-state index contributed by atoms with van der Waals surface area (Å²) in [7, 11) is 1.96. The highest BCUT2D eigenvalue weighted by Gasteiger charge is 2.08. The van der Waals surface area contributed by atoms with Crippen molar-refractivity contribution in [3.05, 3.63) is 30.6 Å². The van der Waals surface area contributed by atoms with Gasteiger partial charge in [0.25, 0.3) is 0 Å². The fourth-order valence-electron chi connectivity index (χ4n) is 1.32. The van der Waals surface area contributed by atoms with Crippen molar-refractivity contribution < 1.29 is 0 Å². The minimum absolute atomic E-state index is 0.345. The summed E-state index contributed by atoms with van der Waals surface area (Å²) >= 11 is 0. The number of aromatic nitrogens is 2. The zero-order chi connectivity index (χ0) is 9.68. The highest BCUT2D eigenvalue weighted by atomic mass is 15.3. The summed E-state index contributed by atoms with van der Waals surface area (Å²) in [4.78, 5) is 0. The fourth-order valence-corrected chi connectivity index (χ4v) is 1.32. The van der Waals surface area contributed by atoms with Gasteiger partial charge in [0.15, 0.2) is 0 Å². The minimum Gasteiger partial charge on any atom is -0.313 e. The van der Waals surface area contributed by atoms with E-state index in [2.05, 4.69) is 30.1 Å². The summed E-state index contributed by atoms with van der Waals surface area (Å²) in [6.45, 7) is 6.74. The minimum atomic E-state index is 0.345. The van der Waals surface area contributed by atoms with Gasteiger partial charge in [0.1, 0.15) is 0 Å². The van der Waals surface area contributed by atoms with Crippen LogP contribution in [-0.2, 0) is 6.54 Å². The van der Waals surface area contributed by atoms with Crippen molar-refractivity contribution in [2.24, 2.45) is 0 Å². The summed E-state index contributed by atoms with van der Waals surface area (Å²) in [6, 6.07) is 0.345. The monoisotopic (exact) mass is 179 g/mol. The standard InChI is InChI=1S/C10H17N3/c1-4-6-10(11-3)9-7-12-13(5-2)8-9/h4,7-8,10-11H,1,5-6H2,2-3H3. The van der Waals surface area contributed by atoms with E-state index in [0.717, 1.165) is 13.0 Å². The molecule has 0 saturated heterocycles. The molecule has 1 atom stereocenters. The molecule has 1 aromatic heterocycles. The average Bonchev–Trinajstić information content (AvgIpc) is 2.62. The average molecular weight is 179 g/mol. The first-order valence-electron chi connectivity index (χ1n) is 4.62. The second-order valence-electron chi connectivity index (χ2n) is 3.00. The Labute approximate surface area is 79.5 Å². The molecule has 3 heteroatoms. The molecule has 0 aliphatic heterocycles. The number of hydrogen-bond acceptors (Lipinski definition) is 2. The summed E-state index contributed by atoms with van der Waals surface area (Å²) in [5, 5.41) is 7.46. The van der Waals surface area contributed by atoms with Crippen molar-refractivity contribution in [3.8, 4) is 0 Å². The molecular formula is C10H17N3. The summed E-state index contributed by atoms with van der Waals surface area (Å²) in [5.74, 6) is 0. The topological polar surface area (TPSA) is 29.9 Å². The smallest absolute Gasteiger partial charge is 0.0537 e. The highest BCUT2D eigenvalue weighted by molar-refractivity contribution is 5.11. The molecule has 3 nitrogen and oxygen atoms in total. The third kappa shape index (κ3) is 2.42. The van der Waals surface area contributed by atoms with Crippen LogP contribution in [0.5, 0.6) is 0 Å². The molecule has 0 aliphatic rings. The Hall–Kier alpha value is -1.09. The molecule has 0 amide bonds. The van der Waals surface area contributed by atoms with Crippen molar-refractivity contribution >= 4 is 0 Å². The van der Waals surface area contributed by atoms with E-state index >= 15 is 0 Å². The zero-order valence-electron chi connectivity index (χ0n) is 8.33. The van der Waals surface area contributed by atoms with Gasteiger partial charge in [0.05, 0.1) is 6.20 Å². The third-order valence-corrected chi connectivity index (χ3v) is 2.13. The van der Waals surface area contributed by atoms with Gasteiger partial charge >= 0.3 is 0 Å². The first-order chi connectivity index (χ1) is 6.31. The zero-order valence-corrected chi connectivity index (χ0v) is 8.33. The fraction of sp³-hybridized carbons (Fsp3) is 0.500. The molecule has 0 aliphatic carbocycles. The van der Waals surface area contributed by atoms with Crippen molar-refractivity contribution in [1.29, 1.82) is 0 Å². The van der Waals surface area contributed by atoms with Crippen LogP contribution in [0.3, 0.4) is 0 Å². The summed E-state index contributed by atoms with van der Waals surface area (Å²) in [6.07, 6.45) is 6.84. The molecule has 13 heavy (non-hydrogen) atoms. The van der Waals surface area contributed by atoms with Crippen LogP contribution in [0.4, 0.5) is 0 Å². The Morgan fingerprint density at radius 1 is 1.77 bits per heavy atom. The molecule has 1 N–H and O–H groups in total. The van der Waals surface area contributed by atoms with Gasteiger partial charge in [-0.2, -0.15) is 5.10 Å². The van der Waals surface area contributed by atoms with Gasteiger partial charge in [-0.3, -0.25) is 4.68 Å². The lowest BCUT2D eigenvalue weighted by molar-refractivity contribution is 0.600. The van der Waals surface area contributed by atoms with Crippen LogP contribution in [0.2, 0.25) is 0 Å². The maximum absolute atomic E-state index is 4.23. The van der Waals surface area contributed by atoms with Crippen LogP contribution in [0.25, 0.3) is 0 Å². The number of nitrogens with one attached hydrogen (secondary N) is 1. The quantitative estimate of drug-likeness (QED) is 0.698. The largest absolute Gasteiger partial charge is 0.313 e. The van der Waals surface area contributed by atoms with Crippen molar-refractivity contribution in [2.75, 3.05) is 7.05 Å². The number of aryl methyl sites for hydroxylation is 1. The Balaban J connectivity index is 2.72. The first-order valence-corrected chi connectivity index (χ1v) is 4.62. The Kier molecular flexibility index (Phi) is 3.71. The highest BCUT2D eigenvalue weighted by Crippen LogP contribution is 2.15. The van der Waals surface area contributed by atoms with Gasteiger partial charge in [-0.05, 0) is 20.4 Å². The lowest BCUT2D eigenvalue weighted by atomic mass is 10.1. The number of nitrogens with zero attached hydrogens (tertiary/aromatic N) is 2. The van der Waals surface area contributed by atoms with Gasteiger partial charge in [-0.15, -0.1) is 6.58 Å². The van der Waals surface area contributed by atoms with E-state index in [-0.39, 0.29) is 0 Å². The number of hydrogen-bond donors (Lipinski definition) is 1. The van der Waals surface area contributed by atoms with Crippen molar-refractivity contribution in [1.82, 2.24) is 15.1 Å². The lowest BCUT2D eigenvalue weighted by Crippen LogP contribution is -2.14. The van der Waals surface area contributed by atoms with E-state index in [1.54, 1.807) is 0 Å². The lowest BCUT2D eigenvalue weighted by Gasteiger charge is -2.10. The molecule has 1 heterocycles. The predicted molar refractivity (Wildman–Crippen MR) is 54.5 cm³/mol.